The van der Waals surface area contributed by atoms with Crippen molar-refractivity contribution in [2.75, 3.05) is 74.6 Å². The fourth-order valence-electron chi connectivity index (χ4n) is 7.90. The van der Waals surface area contributed by atoms with Gasteiger partial charge >= 0.3 is 5.97 Å². The van der Waals surface area contributed by atoms with Crippen LogP contribution in [0.1, 0.15) is 68.2 Å². The van der Waals surface area contributed by atoms with Crippen molar-refractivity contribution >= 4 is 17.7 Å². The Balaban J connectivity index is 2.00. The Kier molecular flexibility index (Phi) is 14.1. The van der Waals surface area contributed by atoms with Gasteiger partial charge in [-0.15, -0.1) is 0 Å². The molecule has 0 spiro atoms. The number of Topliss-reactive ketones (excluding diaryl/α,β-unsaturated/α-hetero) is 1. The lowest BCUT2D eigenvalue weighted by molar-refractivity contribution is -0.295. The highest BCUT2D eigenvalue weighted by molar-refractivity contribution is 6.04. The monoisotopic (exact) mass is 682 g/mol. The first-order valence-electron chi connectivity index (χ1n) is 17.8. The summed E-state index contributed by atoms with van der Waals surface area (Å²) in [5.74, 6) is -1.06. The summed E-state index contributed by atoms with van der Waals surface area (Å²) < 4.78 is 25.2. The maximum absolute atomic E-state index is 14.3. The third-order valence-electron chi connectivity index (χ3n) is 10.6. The first-order valence-corrected chi connectivity index (χ1v) is 17.8. The normalized spacial score (nSPS) is 36.4. The van der Waals surface area contributed by atoms with Crippen LogP contribution in [0.5, 0.6) is 0 Å². The summed E-state index contributed by atoms with van der Waals surface area (Å²) in [6.45, 7) is 18.6. The number of amides is 1. The van der Waals surface area contributed by atoms with Crippen molar-refractivity contribution in [2.24, 2.45) is 29.1 Å². The second-order valence-corrected chi connectivity index (χ2v) is 16.5. The standard InChI is InChI=1S/C36H66N4O8/c1-22(2)16-39-17-23(3)15-36(8,45-13)32(48-33-30(42)27(38(11)12)14-24(4)47-33)25(5)31(43)35(6,7)34(44)46-21-28(39)26-18-40(19-26)29(41)20-37(9)10/h22-28,30,32-33,42H,14-21H2,1-13H3/t23-,24-,25+,27+,28+,30-,32-,33+,36-/m1/s1. The second kappa shape index (κ2) is 16.6. The van der Waals surface area contributed by atoms with Gasteiger partial charge in [0.15, 0.2) is 12.1 Å². The highest BCUT2D eigenvalue weighted by atomic mass is 16.7. The van der Waals surface area contributed by atoms with Gasteiger partial charge in [0.05, 0.1) is 30.4 Å². The van der Waals surface area contributed by atoms with E-state index in [1.807, 2.05) is 56.7 Å². The van der Waals surface area contributed by atoms with Crippen LogP contribution in [-0.4, -0.2) is 159 Å². The van der Waals surface area contributed by atoms with E-state index in [9.17, 15) is 19.5 Å². The van der Waals surface area contributed by atoms with Crippen molar-refractivity contribution < 1.29 is 38.4 Å². The molecule has 9 atom stereocenters. The molecule has 0 bridgehead atoms. The van der Waals surface area contributed by atoms with Crippen molar-refractivity contribution in [3.63, 3.8) is 0 Å². The maximum atomic E-state index is 14.3. The van der Waals surface area contributed by atoms with E-state index >= 15 is 0 Å². The number of aliphatic hydroxyl groups excluding tert-OH is 1. The third kappa shape index (κ3) is 9.56. The van der Waals surface area contributed by atoms with Crippen molar-refractivity contribution in [2.45, 2.75) is 111 Å². The van der Waals surface area contributed by atoms with Crippen LogP contribution in [0.2, 0.25) is 0 Å². The van der Waals surface area contributed by atoms with Gasteiger partial charge < -0.3 is 38.8 Å². The number of ketones is 1. The molecule has 3 saturated heterocycles. The van der Waals surface area contributed by atoms with Crippen LogP contribution < -0.4 is 0 Å². The molecule has 48 heavy (non-hydrogen) atoms. The predicted octanol–water partition coefficient (Wildman–Crippen LogP) is 2.36. The Morgan fingerprint density at radius 1 is 1.06 bits per heavy atom. The fraction of sp³-hybridized carbons (Fsp3) is 0.917. The Morgan fingerprint density at radius 2 is 1.69 bits per heavy atom. The molecule has 3 rings (SSSR count). The molecule has 12 heteroatoms. The van der Waals surface area contributed by atoms with E-state index in [2.05, 4.69) is 25.7 Å². The summed E-state index contributed by atoms with van der Waals surface area (Å²) in [6, 6.07) is -0.317. The van der Waals surface area contributed by atoms with Crippen LogP contribution in [0.15, 0.2) is 0 Å². The van der Waals surface area contributed by atoms with E-state index in [0.29, 0.717) is 44.9 Å². The topological polar surface area (TPSA) is 121 Å². The molecule has 1 amide bonds. The largest absolute Gasteiger partial charge is 0.463 e. The summed E-state index contributed by atoms with van der Waals surface area (Å²) in [5, 5.41) is 11.4. The molecule has 12 nitrogen and oxygen atoms in total. The Morgan fingerprint density at radius 3 is 2.23 bits per heavy atom. The highest BCUT2D eigenvalue weighted by Crippen LogP contribution is 2.39. The van der Waals surface area contributed by atoms with Gasteiger partial charge in [-0.3, -0.25) is 19.3 Å². The number of carbonyl (C=O) groups excluding carboxylic acids is 3. The minimum atomic E-state index is -1.47. The Bertz CT molecular complexity index is 1100. The number of likely N-dealkylation sites (tertiary alicyclic amines) is 1. The van der Waals surface area contributed by atoms with Crippen LogP contribution in [0, 0.1) is 29.1 Å². The molecule has 0 saturated carbocycles. The van der Waals surface area contributed by atoms with Crippen molar-refractivity contribution in [3.05, 3.63) is 0 Å². The Labute approximate surface area is 289 Å². The van der Waals surface area contributed by atoms with E-state index in [-0.39, 0.29) is 48.3 Å². The van der Waals surface area contributed by atoms with Crippen molar-refractivity contribution in [1.82, 2.24) is 19.6 Å². The maximum Gasteiger partial charge on any atom is 0.319 e. The lowest BCUT2D eigenvalue weighted by Crippen LogP contribution is -2.61. The summed E-state index contributed by atoms with van der Waals surface area (Å²) in [6.07, 6.45) is -1.76. The highest BCUT2D eigenvalue weighted by Gasteiger charge is 2.52. The average molecular weight is 683 g/mol. The number of nitrogens with zero attached hydrogens (tertiary/aromatic N) is 4. The van der Waals surface area contributed by atoms with E-state index < -0.39 is 41.4 Å². The van der Waals surface area contributed by atoms with Crippen molar-refractivity contribution in [1.29, 1.82) is 0 Å². The zero-order valence-electron chi connectivity index (χ0n) is 32.0. The molecule has 0 aromatic carbocycles. The van der Waals surface area contributed by atoms with Gasteiger partial charge in [0.1, 0.15) is 18.1 Å². The molecule has 0 unspecified atom stereocenters. The van der Waals surface area contributed by atoms with E-state index in [1.165, 1.54) is 0 Å². The second-order valence-electron chi connectivity index (χ2n) is 16.5. The van der Waals surface area contributed by atoms with Gasteiger partial charge in [-0.2, -0.15) is 0 Å². The molecule has 0 aromatic heterocycles. The fourth-order valence-corrected chi connectivity index (χ4v) is 7.90. The number of ether oxygens (including phenoxy) is 4. The molecule has 0 radical (unpaired) electrons. The third-order valence-corrected chi connectivity index (χ3v) is 10.6. The predicted molar refractivity (Wildman–Crippen MR) is 184 cm³/mol. The van der Waals surface area contributed by atoms with Crippen LogP contribution in [-0.2, 0) is 33.3 Å². The van der Waals surface area contributed by atoms with E-state index in [4.69, 9.17) is 18.9 Å². The summed E-state index contributed by atoms with van der Waals surface area (Å²) in [4.78, 5) is 49.0. The minimum absolute atomic E-state index is 0.0858. The molecular weight excluding hydrogens is 616 g/mol. The van der Waals surface area contributed by atoms with Crippen LogP contribution >= 0.6 is 0 Å². The number of aliphatic hydroxyl groups is 1. The van der Waals surface area contributed by atoms with Gasteiger partial charge in [-0.25, -0.2) is 0 Å². The zero-order valence-corrected chi connectivity index (χ0v) is 32.0. The van der Waals surface area contributed by atoms with Crippen LogP contribution in [0.3, 0.4) is 0 Å². The van der Waals surface area contributed by atoms with E-state index in [0.717, 1.165) is 6.54 Å². The summed E-state index contributed by atoms with van der Waals surface area (Å²) in [7, 11) is 9.23. The van der Waals surface area contributed by atoms with Gasteiger partial charge in [-0.1, -0.05) is 27.7 Å². The van der Waals surface area contributed by atoms with Gasteiger partial charge in [-0.05, 0) is 80.6 Å². The SMILES string of the molecule is CO[C@]1(C)C[C@@H](C)CN(CC(C)C)[C@H](C2CN(C(=O)CN(C)C)C2)COC(=O)C(C)(C)C(=O)[C@H](C)[C@H]1O[C@@H]1O[C@H](C)C[C@H](N(C)C)[C@H]1O. The van der Waals surface area contributed by atoms with Crippen LogP contribution in [0.25, 0.3) is 0 Å². The number of rotatable bonds is 9. The number of esters is 1. The number of likely N-dealkylation sites (N-methyl/N-ethyl adjacent to an activating group) is 2. The number of cyclic esters (lactones) is 1. The minimum Gasteiger partial charge on any atom is -0.463 e. The van der Waals surface area contributed by atoms with Gasteiger partial charge in [0.25, 0.3) is 0 Å². The molecule has 3 aliphatic heterocycles. The summed E-state index contributed by atoms with van der Waals surface area (Å²) in [5.41, 5.74) is -2.44. The number of hydrogen-bond acceptors (Lipinski definition) is 11. The molecule has 278 valence electrons. The Hall–Kier alpha value is -1.67. The lowest BCUT2D eigenvalue weighted by Gasteiger charge is -2.48. The van der Waals surface area contributed by atoms with Crippen molar-refractivity contribution in [3.8, 4) is 0 Å². The molecule has 0 aromatic rings. The molecular formula is C36H66N4O8. The van der Waals surface area contributed by atoms with Gasteiger partial charge in [0, 0.05) is 51.2 Å². The zero-order chi connectivity index (χ0) is 36.3. The number of carbonyl (C=O) groups is 3. The number of hydrogen-bond donors (Lipinski definition) is 1. The molecule has 1 N–H and O–H groups in total. The molecule has 3 aliphatic rings. The first kappa shape index (κ1) is 40.8. The summed E-state index contributed by atoms with van der Waals surface area (Å²) >= 11 is 0. The lowest BCUT2D eigenvalue weighted by atomic mass is 9.74. The quantitative estimate of drug-likeness (QED) is 0.285. The molecule has 0 aliphatic carbocycles. The smallest absolute Gasteiger partial charge is 0.319 e. The average Bonchev–Trinajstić information content (AvgIpc) is 2.95. The number of methoxy groups -OCH3 is 1. The molecule has 3 heterocycles. The van der Waals surface area contributed by atoms with E-state index in [1.54, 1.807) is 27.9 Å². The molecule has 3 fully saturated rings. The van der Waals surface area contributed by atoms with Gasteiger partial charge in [0.2, 0.25) is 5.91 Å². The first-order chi connectivity index (χ1) is 22.2. The van der Waals surface area contributed by atoms with Crippen LogP contribution in [0.4, 0.5) is 0 Å².